The molecule has 3 aromatic rings. The number of rotatable bonds is 2. The van der Waals surface area contributed by atoms with Crippen molar-refractivity contribution in [2.24, 2.45) is 0 Å². The van der Waals surface area contributed by atoms with E-state index in [0.29, 0.717) is 13.1 Å². The average molecular weight is 309 g/mol. The molecule has 1 aliphatic heterocycles. The minimum atomic E-state index is -0.106. The molecule has 1 aliphatic rings. The molecule has 0 radical (unpaired) electrons. The number of carbonyl (C=O) groups is 1. The zero-order valence-corrected chi connectivity index (χ0v) is 12.5. The van der Waals surface area contributed by atoms with Crippen molar-refractivity contribution >= 4 is 17.2 Å². The summed E-state index contributed by atoms with van der Waals surface area (Å²) in [5.74, 6) is 0.926. The summed E-state index contributed by atoms with van der Waals surface area (Å²) in [6.07, 6.45) is 6.95. The van der Waals surface area contributed by atoms with Crippen LogP contribution in [0.25, 0.3) is 11.3 Å². The van der Waals surface area contributed by atoms with Crippen molar-refractivity contribution in [1.82, 2.24) is 28.9 Å². The maximum atomic E-state index is 12.0. The first kappa shape index (κ1) is 13.7. The highest BCUT2D eigenvalue weighted by Gasteiger charge is 2.27. The molecule has 0 spiro atoms. The van der Waals surface area contributed by atoms with Crippen LogP contribution >= 0.6 is 0 Å². The second-order valence-electron chi connectivity index (χ2n) is 5.70. The van der Waals surface area contributed by atoms with E-state index in [1.807, 2.05) is 16.5 Å². The summed E-state index contributed by atoms with van der Waals surface area (Å²) < 4.78 is 3.70. The normalized spacial score (nSPS) is 18.4. The van der Waals surface area contributed by atoms with E-state index >= 15 is 0 Å². The van der Waals surface area contributed by atoms with E-state index in [-0.39, 0.29) is 18.2 Å². The largest absolute Gasteiger partial charge is 0.341 e. The van der Waals surface area contributed by atoms with Crippen LogP contribution in [0.4, 0.5) is 0 Å². The van der Waals surface area contributed by atoms with Crippen molar-refractivity contribution in [2.45, 2.75) is 25.2 Å². The van der Waals surface area contributed by atoms with Crippen molar-refractivity contribution < 1.29 is 4.79 Å². The summed E-state index contributed by atoms with van der Waals surface area (Å²) in [6, 6.07) is 3.85. The van der Waals surface area contributed by atoms with Crippen LogP contribution in [-0.4, -0.2) is 47.9 Å². The number of hydrogen-bond donors (Lipinski definition) is 0. The highest BCUT2D eigenvalue weighted by Crippen LogP contribution is 2.27. The number of carbonyl (C=O) groups excluding carboxylic acids is 1. The third-order valence-electron chi connectivity index (χ3n) is 4.32. The molecule has 0 aliphatic carbocycles. The Hall–Kier alpha value is -2.95. The van der Waals surface area contributed by atoms with Crippen LogP contribution in [0.1, 0.15) is 31.0 Å². The smallest absolute Gasteiger partial charge is 0.236 e. The van der Waals surface area contributed by atoms with E-state index in [1.165, 1.54) is 0 Å². The van der Waals surface area contributed by atoms with Crippen LogP contribution in [0, 0.1) is 11.3 Å². The Morgan fingerprint density at radius 3 is 3.22 bits per heavy atom. The van der Waals surface area contributed by atoms with Crippen molar-refractivity contribution in [1.29, 1.82) is 5.26 Å². The van der Waals surface area contributed by atoms with Crippen molar-refractivity contribution in [3.05, 3.63) is 30.6 Å². The minimum Gasteiger partial charge on any atom is -0.341 e. The second-order valence-corrected chi connectivity index (χ2v) is 5.70. The maximum Gasteiger partial charge on any atom is 0.236 e. The number of hydrogen-bond acceptors (Lipinski definition) is 5. The van der Waals surface area contributed by atoms with Gasteiger partial charge in [0.2, 0.25) is 5.91 Å². The summed E-state index contributed by atoms with van der Waals surface area (Å²) >= 11 is 0. The van der Waals surface area contributed by atoms with Crippen LogP contribution in [0.3, 0.4) is 0 Å². The minimum absolute atomic E-state index is 0.0660. The fraction of sp³-hybridized carbons (Fsp3) is 0.400. The molecule has 1 fully saturated rings. The van der Waals surface area contributed by atoms with Gasteiger partial charge in [-0.15, -0.1) is 0 Å². The van der Waals surface area contributed by atoms with Gasteiger partial charge in [0.15, 0.2) is 5.65 Å². The van der Waals surface area contributed by atoms with Gasteiger partial charge in [-0.1, -0.05) is 0 Å². The molecule has 0 N–H and O–H groups in total. The Bertz CT molecular complexity index is 919. The molecule has 8 nitrogen and oxygen atoms in total. The Balaban J connectivity index is 1.72. The lowest BCUT2D eigenvalue weighted by atomic mass is 9.97. The fourth-order valence-electron chi connectivity index (χ4n) is 3.25. The highest BCUT2D eigenvalue weighted by molar-refractivity contribution is 5.78. The third-order valence-corrected chi connectivity index (χ3v) is 4.32. The predicted octanol–water partition coefficient (Wildman–Crippen LogP) is 0.997. The molecule has 3 aromatic heterocycles. The van der Waals surface area contributed by atoms with Gasteiger partial charge in [0.1, 0.15) is 24.2 Å². The van der Waals surface area contributed by atoms with Gasteiger partial charge in [-0.2, -0.15) is 10.4 Å². The van der Waals surface area contributed by atoms with Crippen LogP contribution in [-0.2, 0) is 4.79 Å². The quantitative estimate of drug-likeness (QED) is 0.704. The molecule has 1 atom stereocenters. The molecule has 23 heavy (non-hydrogen) atoms. The summed E-state index contributed by atoms with van der Waals surface area (Å²) in [5, 5.41) is 12.9. The maximum absolute atomic E-state index is 12.0. The van der Waals surface area contributed by atoms with E-state index in [0.717, 1.165) is 30.0 Å². The number of nitrogens with zero attached hydrogens (tertiary/aromatic N) is 7. The molecule has 1 amide bonds. The second kappa shape index (κ2) is 5.35. The standard InChI is InChI=1S/C15H15N7O/c16-5-3-14(23)20-7-1-2-11(9-20)15-17-8-12-18-10-21-13(22(12)15)4-6-19-21/h4,6,8,10-11H,1-3,7,9H2. The zero-order chi connectivity index (χ0) is 15.8. The Kier molecular flexibility index (Phi) is 3.19. The lowest BCUT2D eigenvalue weighted by molar-refractivity contribution is -0.131. The van der Waals surface area contributed by atoms with Crippen molar-refractivity contribution in [3.8, 4) is 6.07 Å². The number of likely N-dealkylation sites (tertiary alicyclic amines) is 1. The molecular formula is C15H15N7O. The van der Waals surface area contributed by atoms with Gasteiger partial charge in [0.25, 0.3) is 0 Å². The van der Waals surface area contributed by atoms with E-state index in [4.69, 9.17) is 5.26 Å². The number of nitriles is 1. The van der Waals surface area contributed by atoms with E-state index < -0.39 is 0 Å². The van der Waals surface area contributed by atoms with Crippen LogP contribution in [0.15, 0.2) is 24.8 Å². The van der Waals surface area contributed by atoms with Crippen molar-refractivity contribution in [2.75, 3.05) is 13.1 Å². The van der Waals surface area contributed by atoms with Gasteiger partial charge in [0.05, 0.1) is 18.5 Å². The number of amides is 1. The average Bonchev–Trinajstić information content (AvgIpc) is 3.21. The molecule has 8 heteroatoms. The molecule has 0 aromatic carbocycles. The van der Waals surface area contributed by atoms with E-state index in [2.05, 4.69) is 15.1 Å². The van der Waals surface area contributed by atoms with Gasteiger partial charge < -0.3 is 4.90 Å². The molecular weight excluding hydrogens is 294 g/mol. The SMILES string of the molecule is N#CCC(=O)N1CCCC(c2ncc3ncn4nccc4n23)C1. The first-order valence-corrected chi connectivity index (χ1v) is 7.58. The molecule has 1 unspecified atom stereocenters. The fourth-order valence-corrected chi connectivity index (χ4v) is 3.25. The van der Waals surface area contributed by atoms with Crippen LogP contribution < -0.4 is 0 Å². The number of imidazole rings is 1. The van der Waals surface area contributed by atoms with Crippen LogP contribution in [0.2, 0.25) is 0 Å². The summed E-state index contributed by atoms with van der Waals surface area (Å²) in [7, 11) is 0. The lowest BCUT2D eigenvalue weighted by Crippen LogP contribution is -2.39. The predicted molar refractivity (Wildman–Crippen MR) is 80.5 cm³/mol. The molecule has 4 heterocycles. The van der Waals surface area contributed by atoms with Gasteiger partial charge in [-0.05, 0) is 12.8 Å². The number of piperidine rings is 1. The molecule has 0 bridgehead atoms. The summed E-state index contributed by atoms with van der Waals surface area (Å²) in [4.78, 5) is 22.7. The first-order chi connectivity index (χ1) is 11.3. The van der Waals surface area contributed by atoms with Crippen LogP contribution in [0.5, 0.6) is 0 Å². The Morgan fingerprint density at radius 1 is 1.43 bits per heavy atom. The monoisotopic (exact) mass is 309 g/mol. The molecule has 1 saturated heterocycles. The van der Waals surface area contributed by atoms with Gasteiger partial charge >= 0.3 is 0 Å². The van der Waals surface area contributed by atoms with Crippen molar-refractivity contribution in [3.63, 3.8) is 0 Å². The number of aromatic nitrogens is 5. The highest BCUT2D eigenvalue weighted by atomic mass is 16.2. The summed E-state index contributed by atoms with van der Waals surface area (Å²) in [6.45, 7) is 1.30. The third kappa shape index (κ3) is 2.21. The Morgan fingerprint density at radius 2 is 2.35 bits per heavy atom. The van der Waals surface area contributed by atoms with Gasteiger partial charge in [0, 0.05) is 25.1 Å². The van der Waals surface area contributed by atoms with Gasteiger partial charge in [-0.25, -0.2) is 14.5 Å². The van der Waals surface area contributed by atoms with E-state index in [1.54, 1.807) is 28.1 Å². The topological polar surface area (TPSA) is 91.6 Å². The first-order valence-electron chi connectivity index (χ1n) is 7.58. The summed E-state index contributed by atoms with van der Waals surface area (Å²) in [5.41, 5.74) is 1.68. The molecule has 0 saturated carbocycles. The molecule has 116 valence electrons. The molecule has 4 rings (SSSR count). The zero-order valence-electron chi connectivity index (χ0n) is 12.5. The Labute approximate surface area is 132 Å². The van der Waals surface area contributed by atoms with E-state index in [9.17, 15) is 4.79 Å². The number of fused-ring (bicyclic) bond motifs is 3. The lowest BCUT2D eigenvalue weighted by Gasteiger charge is -2.31. The van der Waals surface area contributed by atoms with Gasteiger partial charge in [-0.3, -0.25) is 9.20 Å².